The first-order valence-corrected chi connectivity index (χ1v) is 21.8. The molecule has 2 heterocycles. The van der Waals surface area contributed by atoms with E-state index in [4.69, 9.17) is 15.0 Å². The van der Waals surface area contributed by atoms with Crippen molar-refractivity contribution in [3.05, 3.63) is 247 Å². The monoisotopic (exact) mass is 807 g/mol. The SMILES string of the molecule is c1ccc(-c2nc(-c3ccccc3)nc(-c3ccc(-c4ccc(-c5ccc(C6(c7ccc8sc9ccccc9c8c7)c7ccccc7-c7ccccc76)cc5)cc4)cc3)n2)cc1. The molecule has 0 saturated heterocycles. The summed E-state index contributed by atoms with van der Waals surface area (Å²) in [6.45, 7) is 0. The van der Waals surface area contributed by atoms with Gasteiger partial charge in [0.15, 0.2) is 17.5 Å². The van der Waals surface area contributed by atoms with Crippen LogP contribution in [0.3, 0.4) is 0 Å². The average Bonchev–Trinajstić information content (AvgIpc) is 3.88. The van der Waals surface area contributed by atoms with E-state index < -0.39 is 5.41 Å². The average molecular weight is 808 g/mol. The number of hydrogen-bond donors (Lipinski definition) is 0. The molecule has 0 N–H and O–H groups in total. The van der Waals surface area contributed by atoms with Crippen LogP contribution in [0.25, 0.3) is 87.7 Å². The van der Waals surface area contributed by atoms with Crippen LogP contribution in [-0.2, 0) is 5.41 Å². The third-order valence-corrected chi connectivity index (χ3v) is 13.6. The molecule has 11 aromatic rings. The maximum Gasteiger partial charge on any atom is 0.164 e. The quantitative estimate of drug-likeness (QED) is 0.161. The summed E-state index contributed by atoms with van der Waals surface area (Å²) in [7, 11) is 0. The number of rotatable bonds is 7. The topological polar surface area (TPSA) is 38.7 Å². The second-order valence-corrected chi connectivity index (χ2v) is 17.0. The Hall–Kier alpha value is -7.79. The number of aromatic nitrogens is 3. The van der Waals surface area contributed by atoms with Crippen molar-refractivity contribution >= 4 is 31.5 Å². The molecular formula is C58H37N3S. The van der Waals surface area contributed by atoms with E-state index in [0.717, 1.165) is 27.8 Å². The third-order valence-electron chi connectivity index (χ3n) is 12.5. The van der Waals surface area contributed by atoms with Crippen LogP contribution in [0.1, 0.15) is 22.3 Å². The zero-order chi connectivity index (χ0) is 41.0. The molecule has 0 radical (unpaired) electrons. The van der Waals surface area contributed by atoms with Gasteiger partial charge in [0.25, 0.3) is 0 Å². The molecule has 0 unspecified atom stereocenters. The number of thiophene rings is 1. The van der Waals surface area contributed by atoms with Gasteiger partial charge in [0, 0.05) is 36.9 Å². The Morgan fingerprint density at radius 3 is 1.21 bits per heavy atom. The van der Waals surface area contributed by atoms with Crippen molar-refractivity contribution in [2.45, 2.75) is 5.41 Å². The second-order valence-electron chi connectivity index (χ2n) is 15.9. The number of benzene rings is 9. The van der Waals surface area contributed by atoms with Crippen LogP contribution in [0, 0.1) is 0 Å². The lowest BCUT2D eigenvalue weighted by Crippen LogP contribution is -2.28. The molecule has 4 heteroatoms. The van der Waals surface area contributed by atoms with E-state index in [-0.39, 0.29) is 0 Å². The second kappa shape index (κ2) is 14.7. The Morgan fingerprint density at radius 2 is 0.677 bits per heavy atom. The lowest BCUT2D eigenvalue weighted by atomic mass is 9.67. The highest BCUT2D eigenvalue weighted by Gasteiger charge is 2.46. The van der Waals surface area contributed by atoms with E-state index in [9.17, 15) is 0 Å². The van der Waals surface area contributed by atoms with Crippen LogP contribution in [-0.4, -0.2) is 15.0 Å². The summed E-state index contributed by atoms with van der Waals surface area (Å²) < 4.78 is 2.64. The summed E-state index contributed by atoms with van der Waals surface area (Å²) in [5.74, 6) is 1.96. The van der Waals surface area contributed by atoms with E-state index in [1.165, 1.54) is 64.7 Å². The highest BCUT2D eigenvalue weighted by atomic mass is 32.1. The molecule has 2 aromatic heterocycles. The van der Waals surface area contributed by atoms with Crippen molar-refractivity contribution < 1.29 is 0 Å². The lowest BCUT2D eigenvalue weighted by molar-refractivity contribution is 0.770. The predicted molar refractivity (Wildman–Crippen MR) is 257 cm³/mol. The first kappa shape index (κ1) is 36.1. The fourth-order valence-electron chi connectivity index (χ4n) is 9.50. The van der Waals surface area contributed by atoms with Gasteiger partial charge in [-0.1, -0.05) is 206 Å². The van der Waals surface area contributed by atoms with Gasteiger partial charge < -0.3 is 0 Å². The van der Waals surface area contributed by atoms with Crippen LogP contribution in [0.4, 0.5) is 0 Å². The van der Waals surface area contributed by atoms with Crippen LogP contribution < -0.4 is 0 Å². The fraction of sp³-hybridized carbons (Fsp3) is 0.0172. The lowest BCUT2D eigenvalue weighted by Gasteiger charge is -2.34. The number of hydrogen-bond acceptors (Lipinski definition) is 4. The maximum atomic E-state index is 4.92. The van der Waals surface area contributed by atoms with Crippen molar-refractivity contribution in [3.8, 4) is 67.5 Å². The van der Waals surface area contributed by atoms with Crippen molar-refractivity contribution in [1.82, 2.24) is 15.0 Å². The van der Waals surface area contributed by atoms with Gasteiger partial charge in [-0.2, -0.15) is 0 Å². The van der Waals surface area contributed by atoms with Crippen molar-refractivity contribution in [2.75, 3.05) is 0 Å². The van der Waals surface area contributed by atoms with Crippen molar-refractivity contribution in [2.24, 2.45) is 0 Å². The van der Waals surface area contributed by atoms with Crippen LogP contribution in [0.5, 0.6) is 0 Å². The van der Waals surface area contributed by atoms with E-state index in [2.05, 4.69) is 164 Å². The molecule has 62 heavy (non-hydrogen) atoms. The highest BCUT2D eigenvalue weighted by Crippen LogP contribution is 2.56. The summed E-state index contributed by atoms with van der Waals surface area (Å²) >= 11 is 1.87. The van der Waals surface area contributed by atoms with Crippen molar-refractivity contribution in [3.63, 3.8) is 0 Å². The summed E-state index contributed by atoms with van der Waals surface area (Å²) in [6.07, 6.45) is 0. The van der Waals surface area contributed by atoms with Crippen LogP contribution >= 0.6 is 11.3 Å². The molecule has 0 fully saturated rings. The molecule has 0 bridgehead atoms. The van der Waals surface area contributed by atoms with Gasteiger partial charge in [-0.25, -0.2) is 15.0 Å². The molecule has 0 saturated carbocycles. The molecule has 0 atom stereocenters. The van der Waals surface area contributed by atoms with Crippen LogP contribution in [0.15, 0.2) is 224 Å². The molecule has 1 aliphatic carbocycles. The van der Waals surface area contributed by atoms with Crippen molar-refractivity contribution in [1.29, 1.82) is 0 Å². The van der Waals surface area contributed by atoms with Gasteiger partial charge in [0.2, 0.25) is 0 Å². The third kappa shape index (κ3) is 5.91. The zero-order valence-electron chi connectivity index (χ0n) is 33.6. The minimum absolute atomic E-state index is 0.466. The smallest absolute Gasteiger partial charge is 0.164 e. The Bertz CT molecular complexity index is 3330. The van der Waals surface area contributed by atoms with E-state index in [0.29, 0.717) is 17.5 Å². The zero-order valence-corrected chi connectivity index (χ0v) is 34.4. The van der Waals surface area contributed by atoms with Gasteiger partial charge in [-0.15, -0.1) is 11.3 Å². The van der Waals surface area contributed by atoms with Gasteiger partial charge in [0.05, 0.1) is 5.41 Å². The predicted octanol–water partition coefficient (Wildman–Crippen LogP) is 14.9. The summed E-state index contributed by atoms with van der Waals surface area (Å²) in [6, 6.07) is 80.8. The Balaban J connectivity index is 0.882. The molecule has 290 valence electrons. The molecule has 0 aliphatic heterocycles. The highest BCUT2D eigenvalue weighted by molar-refractivity contribution is 7.25. The van der Waals surface area contributed by atoms with E-state index >= 15 is 0 Å². The van der Waals surface area contributed by atoms with Gasteiger partial charge in [-0.3, -0.25) is 0 Å². The summed E-state index contributed by atoms with van der Waals surface area (Å²) in [4.78, 5) is 14.7. The minimum atomic E-state index is -0.466. The Kier molecular flexibility index (Phi) is 8.58. The number of nitrogens with zero attached hydrogens (tertiary/aromatic N) is 3. The fourth-order valence-corrected chi connectivity index (χ4v) is 10.6. The first-order valence-electron chi connectivity index (χ1n) is 21.0. The summed E-state index contributed by atoms with van der Waals surface area (Å²) in [5.41, 5.74) is 14.8. The summed E-state index contributed by atoms with van der Waals surface area (Å²) in [5, 5.41) is 2.63. The molecule has 0 spiro atoms. The normalized spacial score (nSPS) is 12.6. The van der Waals surface area contributed by atoms with E-state index in [1.54, 1.807) is 0 Å². The maximum absolute atomic E-state index is 4.92. The standard InChI is InChI=1S/C58H37N3S/c1-3-13-42(14-4-1)55-59-56(43-15-5-2-6-16-43)61-57(60-55)44-29-27-40(28-30-44)38-23-25-39(26-24-38)41-31-33-45(34-32-41)58(51-20-10-7-17-47(51)48-18-8-11-21-52(48)58)46-35-36-54-50(37-46)49-19-9-12-22-53(49)62-54/h1-37H. The van der Waals surface area contributed by atoms with Crippen LogP contribution in [0.2, 0.25) is 0 Å². The molecule has 3 nitrogen and oxygen atoms in total. The molecular weight excluding hydrogens is 771 g/mol. The molecule has 9 aromatic carbocycles. The Morgan fingerprint density at radius 1 is 0.290 bits per heavy atom. The molecule has 0 amide bonds. The van der Waals surface area contributed by atoms with Gasteiger partial charge >= 0.3 is 0 Å². The minimum Gasteiger partial charge on any atom is -0.208 e. The largest absolute Gasteiger partial charge is 0.208 e. The molecule has 12 rings (SSSR count). The first-order chi connectivity index (χ1) is 30.7. The van der Waals surface area contributed by atoms with Gasteiger partial charge in [0.1, 0.15) is 0 Å². The van der Waals surface area contributed by atoms with E-state index in [1.807, 2.05) is 72.0 Å². The van der Waals surface area contributed by atoms with Gasteiger partial charge in [-0.05, 0) is 73.8 Å². The molecule has 1 aliphatic rings. The number of fused-ring (bicyclic) bond motifs is 6. The Labute approximate surface area is 364 Å².